The molecule has 0 spiro atoms. The van der Waals surface area contributed by atoms with Gasteiger partial charge in [0.2, 0.25) is 5.91 Å². The maximum absolute atomic E-state index is 13.8. The van der Waals surface area contributed by atoms with E-state index >= 15 is 0 Å². The van der Waals surface area contributed by atoms with Gasteiger partial charge in [-0.1, -0.05) is 18.2 Å². The molecule has 2 heterocycles. The van der Waals surface area contributed by atoms with Gasteiger partial charge in [0, 0.05) is 41.9 Å². The van der Waals surface area contributed by atoms with Crippen LogP contribution in [-0.4, -0.2) is 42.2 Å². The number of para-hydroxylation sites is 1. The predicted octanol–water partition coefficient (Wildman–Crippen LogP) is 4.37. The molecule has 5 nitrogen and oxygen atoms in total. The molecule has 1 atom stereocenters. The molecule has 0 aliphatic carbocycles. The van der Waals surface area contributed by atoms with Gasteiger partial charge in [-0.2, -0.15) is 0 Å². The average molecular weight is 410 g/mol. The molecule has 1 fully saturated rings. The van der Waals surface area contributed by atoms with E-state index in [9.17, 15) is 9.18 Å². The Morgan fingerprint density at radius 3 is 2.90 bits per heavy atom. The van der Waals surface area contributed by atoms with Crippen molar-refractivity contribution in [2.75, 3.05) is 20.3 Å². The second kappa shape index (κ2) is 8.88. The zero-order chi connectivity index (χ0) is 21.1. The lowest BCUT2D eigenvalue weighted by atomic mass is 10.1. The normalized spacial score (nSPS) is 16.2. The van der Waals surface area contributed by atoms with Crippen molar-refractivity contribution < 1.29 is 18.7 Å². The number of hydrogen-bond donors (Lipinski definition) is 1. The molecule has 1 unspecified atom stereocenters. The van der Waals surface area contributed by atoms with Crippen molar-refractivity contribution in [2.45, 2.75) is 38.8 Å². The van der Waals surface area contributed by atoms with Gasteiger partial charge >= 0.3 is 0 Å². The molecule has 1 aromatic heterocycles. The molecule has 3 aromatic rings. The molecule has 1 aliphatic rings. The van der Waals surface area contributed by atoms with Crippen LogP contribution in [0.4, 0.5) is 4.39 Å². The molecule has 158 valence electrons. The Hall–Kier alpha value is -2.86. The molecule has 1 saturated heterocycles. The fourth-order valence-electron chi connectivity index (χ4n) is 4.17. The number of aromatic nitrogens is 1. The third-order valence-electron chi connectivity index (χ3n) is 5.76. The van der Waals surface area contributed by atoms with Crippen LogP contribution < -0.4 is 4.74 Å². The SMILES string of the molecule is COc1ccccc1CN(CC1CCCO1)C(=O)Cc1c(C)[nH]c2ccc(F)cc12. The van der Waals surface area contributed by atoms with Crippen molar-refractivity contribution in [1.82, 2.24) is 9.88 Å². The van der Waals surface area contributed by atoms with Gasteiger partial charge in [-0.05, 0) is 49.6 Å². The predicted molar refractivity (Wildman–Crippen MR) is 114 cm³/mol. The zero-order valence-corrected chi connectivity index (χ0v) is 17.4. The fourth-order valence-corrected chi connectivity index (χ4v) is 4.17. The minimum absolute atomic E-state index is 0.00957. The molecule has 1 aliphatic heterocycles. The summed E-state index contributed by atoms with van der Waals surface area (Å²) in [7, 11) is 1.63. The first kappa shape index (κ1) is 20.4. The minimum atomic E-state index is -0.305. The highest BCUT2D eigenvalue weighted by Gasteiger charge is 2.25. The van der Waals surface area contributed by atoms with E-state index in [0.717, 1.165) is 52.9 Å². The number of fused-ring (bicyclic) bond motifs is 1. The van der Waals surface area contributed by atoms with E-state index in [2.05, 4.69) is 4.98 Å². The third-order valence-corrected chi connectivity index (χ3v) is 5.76. The van der Waals surface area contributed by atoms with E-state index in [4.69, 9.17) is 9.47 Å². The number of H-pyrrole nitrogens is 1. The zero-order valence-electron chi connectivity index (χ0n) is 17.4. The maximum Gasteiger partial charge on any atom is 0.227 e. The third kappa shape index (κ3) is 4.33. The van der Waals surface area contributed by atoms with Crippen LogP contribution >= 0.6 is 0 Å². The van der Waals surface area contributed by atoms with Gasteiger partial charge in [-0.15, -0.1) is 0 Å². The van der Waals surface area contributed by atoms with Crippen LogP contribution in [0.2, 0.25) is 0 Å². The van der Waals surface area contributed by atoms with Crippen molar-refractivity contribution in [3.05, 3.63) is 65.1 Å². The van der Waals surface area contributed by atoms with Gasteiger partial charge in [0.1, 0.15) is 11.6 Å². The molecule has 2 aromatic carbocycles. The van der Waals surface area contributed by atoms with Crippen LogP contribution in [-0.2, 0) is 22.5 Å². The smallest absolute Gasteiger partial charge is 0.227 e. The van der Waals surface area contributed by atoms with Crippen molar-refractivity contribution >= 4 is 16.8 Å². The topological polar surface area (TPSA) is 54.6 Å². The number of hydrogen-bond acceptors (Lipinski definition) is 3. The molecule has 0 radical (unpaired) electrons. The molecule has 0 saturated carbocycles. The summed E-state index contributed by atoms with van der Waals surface area (Å²) < 4.78 is 25.1. The van der Waals surface area contributed by atoms with Gasteiger partial charge in [0.25, 0.3) is 0 Å². The Morgan fingerprint density at radius 2 is 2.13 bits per heavy atom. The summed E-state index contributed by atoms with van der Waals surface area (Å²) in [6, 6.07) is 12.4. The average Bonchev–Trinajstić information content (AvgIpc) is 3.36. The van der Waals surface area contributed by atoms with Crippen molar-refractivity contribution in [3.8, 4) is 5.75 Å². The minimum Gasteiger partial charge on any atom is -0.496 e. The number of nitrogens with zero attached hydrogens (tertiary/aromatic N) is 1. The maximum atomic E-state index is 13.8. The monoisotopic (exact) mass is 410 g/mol. The lowest BCUT2D eigenvalue weighted by Gasteiger charge is -2.26. The number of amides is 1. The van der Waals surface area contributed by atoms with Crippen LogP contribution in [0.15, 0.2) is 42.5 Å². The number of halogens is 1. The summed E-state index contributed by atoms with van der Waals surface area (Å²) in [4.78, 5) is 18.5. The fraction of sp³-hybridized carbons (Fsp3) is 0.375. The second-order valence-corrected chi connectivity index (χ2v) is 7.82. The van der Waals surface area contributed by atoms with Gasteiger partial charge < -0.3 is 19.4 Å². The first-order chi connectivity index (χ1) is 14.5. The molecule has 1 amide bonds. The molecular weight excluding hydrogens is 383 g/mol. The Morgan fingerprint density at radius 1 is 1.30 bits per heavy atom. The number of ether oxygens (including phenoxy) is 2. The van der Waals surface area contributed by atoms with E-state index in [1.807, 2.05) is 36.1 Å². The van der Waals surface area contributed by atoms with Gasteiger partial charge in [-0.25, -0.2) is 4.39 Å². The Bertz CT molecular complexity index is 1040. The molecule has 4 rings (SSSR count). The second-order valence-electron chi connectivity index (χ2n) is 7.82. The first-order valence-electron chi connectivity index (χ1n) is 10.3. The van der Waals surface area contributed by atoms with Crippen molar-refractivity contribution in [2.24, 2.45) is 0 Å². The number of benzene rings is 2. The largest absolute Gasteiger partial charge is 0.496 e. The summed E-state index contributed by atoms with van der Waals surface area (Å²) in [5.74, 6) is 0.443. The van der Waals surface area contributed by atoms with Crippen LogP contribution in [0, 0.1) is 12.7 Å². The van der Waals surface area contributed by atoms with Crippen molar-refractivity contribution in [1.29, 1.82) is 0 Å². The lowest BCUT2D eigenvalue weighted by molar-refractivity contribution is -0.132. The number of carbonyl (C=O) groups excluding carboxylic acids is 1. The number of nitrogens with one attached hydrogen (secondary N) is 1. The molecular formula is C24H27FN2O3. The number of rotatable bonds is 7. The highest BCUT2D eigenvalue weighted by atomic mass is 19.1. The van der Waals surface area contributed by atoms with Crippen molar-refractivity contribution in [3.63, 3.8) is 0 Å². The quantitative estimate of drug-likeness (QED) is 0.629. The van der Waals surface area contributed by atoms with E-state index < -0.39 is 0 Å². The Kier molecular flexibility index (Phi) is 6.04. The number of carbonyl (C=O) groups is 1. The summed E-state index contributed by atoms with van der Waals surface area (Å²) in [6.07, 6.45) is 2.22. The highest BCUT2D eigenvalue weighted by molar-refractivity contribution is 5.90. The summed E-state index contributed by atoms with van der Waals surface area (Å²) in [5, 5.41) is 0.759. The van der Waals surface area contributed by atoms with E-state index in [-0.39, 0.29) is 24.2 Å². The lowest BCUT2D eigenvalue weighted by Crippen LogP contribution is -2.38. The molecule has 1 N–H and O–H groups in total. The van der Waals surface area contributed by atoms with Gasteiger partial charge in [0.15, 0.2) is 0 Å². The van der Waals surface area contributed by atoms with E-state index in [1.54, 1.807) is 13.2 Å². The van der Waals surface area contributed by atoms with Crippen LogP contribution in [0.3, 0.4) is 0 Å². The van der Waals surface area contributed by atoms with Gasteiger partial charge in [0.05, 0.1) is 19.6 Å². The summed E-state index contributed by atoms with van der Waals surface area (Å²) >= 11 is 0. The Balaban J connectivity index is 1.60. The standard InChI is InChI=1S/C24H27FN2O3/c1-16-20(21-12-18(25)9-10-22(21)26-16)13-24(28)27(15-19-7-5-11-30-19)14-17-6-3-4-8-23(17)29-2/h3-4,6,8-10,12,19,26H,5,7,11,13-15H2,1-2H3. The number of aromatic amines is 1. The number of aryl methyl sites for hydroxylation is 1. The summed E-state index contributed by atoms with van der Waals surface area (Å²) in [5.41, 5.74) is 3.52. The first-order valence-corrected chi connectivity index (χ1v) is 10.3. The molecule has 0 bridgehead atoms. The molecule has 30 heavy (non-hydrogen) atoms. The van der Waals surface area contributed by atoms with Crippen LogP contribution in [0.1, 0.15) is 29.7 Å². The Labute approximate surface area is 175 Å². The van der Waals surface area contributed by atoms with E-state index in [1.165, 1.54) is 12.1 Å². The summed E-state index contributed by atoms with van der Waals surface area (Å²) in [6.45, 7) is 3.64. The van der Waals surface area contributed by atoms with E-state index in [0.29, 0.717) is 13.1 Å². The molecule has 6 heteroatoms. The van der Waals surface area contributed by atoms with Crippen LogP contribution in [0.5, 0.6) is 5.75 Å². The number of methoxy groups -OCH3 is 1. The van der Waals surface area contributed by atoms with Gasteiger partial charge in [-0.3, -0.25) is 4.79 Å². The highest BCUT2D eigenvalue weighted by Crippen LogP contribution is 2.26. The van der Waals surface area contributed by atoms with Crippen LogP contribution in [0.25, 0.3) is 10.9 Å².